The molecule has 7 heteroatoms. The predicted molar refractivity (Wildman–Crippen MR) is 102 cm³/mol. The molecule has 0 aliphatic carbocycles. The third kappa shape index (κ3) is 4.59. The highest BCUT2D eigenvalue weighted by Gasteiger charge is 2.26. The molecule has 2 aromatic rings. The smallest absolute Gasteiger partial charge is 0.254 e. The maximum atomic E-state index is 13.8. The van der Waals surface area contributed by atoms with Gasteiger partial charge in [-0.05, 0) is 53.5 Å². The minimum atomic E-state index is -0.415. The van der Waals surface area contributed by atoms with E-state index in [0.717, 1.165) is 5.56 Å². The van der Waals surface area contributed by atoms with Crippen LogP contribution in [-0.2, 0) is 11.3 Å². The van der Waals surface area contributed by atoms with Crippen molar-refractivity contribution in [3.05, 3.63) is 57.9 Å². The van der Waals surface area contributed by atoms with Gasteiger partial charge in [-0.25, -0.2) is 9.37 Å². The van der Waals surface area contributed by atoms with E-state index in [-0.39, 0.29) is 23.9 Å². The van der Waals surface area contributed by atoms with Crippen LogP contribution in [0.1, 0.15) is 29.8 Å². The molecule has 0 unspecified atom stereocenters. The number of anilines is 1. The molecule has 1 aromatic carbocycles. The van der Waals surface area contributed by atoms with Gasteiger partial charge in [0, 0.05) is 35.9 Å². The molecule has 3 rings (SSSR count). The van der Waals surface area contributed by atoms with Crippen LogP contribution in [0.25, 0.3) is 0 Å². The van der Waals surface area contributed by atoms with Gasteiger partial charge in [0.2, 0.25) is 0 Å². The monoisotopic (exact) mass is 421 g/mol. The van der Waals surface area contributed by atoms with Crippen LogP contribution in [0.15, 0.2) is 41.0 Å². The summed E-state index contributed by atoms with van der Waals surface area (Å²) >= 11 is 3.18. The predicted octanol–water partition coefficient (Wildman–Crippen LogP) is 3.84. The van der Waals surface area contributed by atoms with Gasteiger partial charge in [0.05, 0.1) is 12.2 Å². The highest BCUT2D eigenvalue weighted by Crippen LogP contribution is 2.18. The van der Waals surface area contributed by atoms with Crippen molar-refractivity contribution in [3.8, 4) is 0 Å². The summed E-state index contributed by atoms with van der Waals surface area (Å²) in [6.45, 7) is 5.56. The molecular formula is C19H21BrFN3O2. The zero-order valence-corrected chi connectivity index (χ0v) is 16.3. The number of hydrogen-bond acceptors (Lipinski definition) is 4. The van der Waals surface area contributed by atoms with Crippen molar-refractivity contribution in [1.82, 2.24) is 9.88 Å². The van der Waals surface area contributed by atoms with Crippen molar-refractivity contribution in [2.75, 3.05) is 18.4 Å². The second-order valence-corrected chi connectivity index (χ2v) is 7.42. The number of halogens is 2. The van der Waals surface area contributed by atoms with Crippen LogP contribution >= 0.6 is 15.9 Å². The minimum Gasteiger partial charge on any atom is -0.372 e. The lowest BCUT2D eigenvalue weighted by Crippen LogP contribution is -2.48. The van der Waals surface area contributed by atoms with E-state index < -0.39 is 5.82 Å². The van der Waals surface area contributed by atoms with Gasteiger partial charge >= 0.3 is 0 Å². The Morgan fingerprint density at radius 2 is 1.96 bits per heavy atom. The Balaban J connectivity index is 1.62. The fraction of sp³-hybridized carbons (Fsp3) is 0.368. The Morgan fingerprint density at radius 3 is 2.58 bits per heavy atom. The van der Waals surface area contributed by atoms with Crippen molar-refractivity contribution in [2.45, 2.75) is 32.6 Å². The Hall–Kier alpha value is -1.99. The summed E-state index contributed by atoms with van der Waals surface area (Å²) in [5.41, 5.74) is 1.58. The summed E-state index contributed by atoms with van der Waals surface area (Å²) in [7, 11) is 0. The van der Waals surface area contributed by atoms with Gasteiger partial charge in [-0.2, -0.15) is 0 Å². The molecule has 1 aliphatic rings. The van der Waals surface area contributed by atoms with Crippen LogP contribution in [0.4, 0.5) is 10.2 Å². The van der Waals surface area contributed by atoms with Gasteiger partial charge in [0.15, 0.2) is 11.6 Å². The molecule has 0 bridgehead atoms. The first kappa shape index (κ1) is 18.8. The van der Waals surface area contributed by atoms with Crippen molar-refractivity contribution < 1.29 is 13.9 Å². The highest BCUT2D eigenvalue weighted by atomic mass is 79.9. The molecular weight excluding hydrogens is 401 g/mol. The van der Waals surface area contributed by atoms with Crippen LogP contribution in [-0.4, -0.2) is 41.1 Å². The molecule has 1 N–H and O–H groups in total. The van der Waals surface area contributed by atoms with E-state index in [1.165, 1.54) is 12.3 Å². The minimum absolute atomic E-state index is 0.00660. The summed E-state index contributed by atoms with van der Waals surface area (Å²) in [4.78, 5) is 18.5. The third-order valence-corrected chi connectivity index (χ3v) is 4.61. The number of aromatic nitrogens is 1. The molecule has 2 atom stereocenters. The second kappa shape index (κ2) is 8.14. The Bertz CT molecular complexity index is 775. The number of ether oxygens (including phenoxy) is 1. The molecule has 138 valence electrons. The van der Waals surface area contributed by atoms with Gasteiger partial charge < -0.3 is 15.0 Å². The summed E-state index contributed by atoms with van der Waals surface area (Å²) in [5.74, 6) is -0.210. The van der Waals surface area contributed by atoms with Crippen molar-refractivity contribution in [1.29, 1.82) is 0 Å². The van der Waals surface area contributed by atoms with Gasteiger partial charge in [-0.3, -0.25) is 4.79 Å². The quantitative estimate of drug-likeness (QED) is 0.814. The standard InChI is InChI=1S/C19H21BrFN3O2/c1-12-10-24(11-13(2)26-12)19(25)15-5-3-14(4-6-15)8-22-18-17(21)7-16(20)9-23-18/h3-7,9,12-13H,8,10-11H2,1-2H3,(H,22,23)/t12-,13-/m1/s1. The van der Waals surface area contributed by atoms with Crippen LogP contribution in [0.3, 0.4) is 0 Å². The summed E-state index contributed by atoms with van der Waals surface area (Å²) < 4.78 is 20.0. The summed E-state index contributed by atoms with van der Waals surface area (Å²) in [5, 5.41) is 2.96. The van der Waals surface area contributed by atoms with Crippen LogP contribution in [0, 0.1) is 5.82 Å². The van der Waals surface area contributed by atoms with E-state index in [2.05, 4.69) is 26.2 Å². The van der Waals surface area contributed by atoms with E-state index in [0.29, 0.717) is 29.7 Å². The molecule has 1 fully saturated rings. The van der Waals surface area contributed by atoms with Gasteiger partial charge in [0.25, 0.3) is 5.91 Å². The summed E-state index contributed by atoms with van der Waals surface area (Å²) in [6, 6.07) is 8.70. The number of rotatable bonds is 4. The molecule has 1 saturated heterocycles. The average Bonchev–Trinajstić information content (AvgIpc) is 2.60. The lowest BCUT2D eigenvalue weighted by atomic mass is 10.1. The zero-order valence-electron chi connectivity index (χ0n) is 14.7. The number of hydrogen-bond donors (Lipinski definition) is 1. The Labute approximate surface area is 160 Å². The second-order valence-electron chi connectivity index (χ2n) is 6.50. The van der Waals surface area contributed by atoms with Gasteiger partial charge in [-0.15, -0.1) is 0 Å². The summed E-state index contributed by atoms with van der Waals surface area (Å²) in [6.07, 6.45) is 1.62. The molecule has 1 amide bonds. The molecule has 1 aromatic heterocycles. The molecule has 2 heterocycles. The number of amides is 1. The average molecular weight is 422 g/mol. The van der Waals surface area contributed by atoms with Crippen LogP contribution in [0.5, 0.6) is 0 Å². The highest BCUT2D eigenvalue weighted by molar-refractivity contribution is 9.10. The molecule has 0 saturated carbocycles. The van der Waals surface area contributed by atoms with Gasteiger partial charge in [-0.1, -0.05) is 12.1 Å². The Kier molecular flexibility index (Phi) is 5.88. The maximum absolute atomic E-state index is 13.8. The van der Waals surface area contributed by atoms with Crippen molar-refractivity contribution in [3.63, 3.8) is 0 Å². The lowest BCUT2D eigenvalue weighted by Gasteiger charge is -2.35. The van der Waals surface area contributed by atoms with E-state index in [4.69, 9.17) is 4.74 Å². The number of nitrogens with one attached hydrogen (secondary N) is 1. The first-order valence-electron chi connectivity index (χ1n) is 8.51. The number of morpholine rings is 1. The van der Waals surface area contributed by atoms with Gasteiger partial charge in [0.1, 0.15) is 0 Å². The van der Waals surface area contributed by atoms with Crippen molar-refractivity contribution in [2.24, 2.45) is 0 Å². The fourth-order valence-corrected chi connectivity index (χ4v) is 3.33. The molecule has 0 spiro atoms. The molecule has 5 nitrogen and oxygen atoms in total. The number of pyridine rings is 1. The zero-order chi connectivity index (χ0) is 18.7. The van der Waals surface area contributed by atoms with E-state index in [1.54, 1.807) is 12.1 Å². The molecule has 1 aliphatic heterocycles. The fourth-order valence-electron chi connectivity index (χ4n) is 3.02. The number of carbonyl (C=O) groups excluding carboxylic acids is 1. The number of carbonyl (C=O) groups is 1. The molecule has 26 heavy (non-hydrogen) atoms. The normalized spacial score (nSPS) is 20.1. The van der Waals surface area contributed by atoms with Crippen LogP contribution in [0.2, 0.25) is 0 Å². The van der Waals surface area contributed by atoms with E-state index in [9.17, 15) is 9.18 Å². The van der Waals surface area contributed by atoms with E-state index in [1.807, 2.05) is 30.9 Å². The first-order chi connectivity index (χ1) is 12.4. The lowest BCUT2D eigenvalue weighted by molar-refractivity contribution is -0.0586. The van der Waals surface area contributed by atoms with E-state index >= 15 is 0 Å². The third-order valence-electron chi connectivity index (χ3n) is 4.18. The van der Waals surface area contributed by atoms with Crippen LogP contribution < -0.4 is 5.32 Å². The largest absolute Gasteiger partial charge is 0.372 e. The topological polar surface area (TPSA) is 54.5 Å². The van der Waals surface area contributed by atoms with Crippen molar-refractivity contribution >= 4 is 27.7 Å². The number of benzene rings is 1. The number of nitrogens with zero attached hydrogens (tertiary/aromatic N) is 2. The maximum Gasteiger partial charge on any atom is 0.254 e. The SMILES string of the molecule is C[C@@H]1CN(C(=O)c2ccc(CNc3ncc(Br)cc3F)cc2)C[C@@H](C)O1. The first-order valence-corrected chi connectivity index (χ1v) is 9.30. The molecule has 0 radical (unpaired) electrons. The Morgan fingerprint density at radius 1 is 1.31 bits per heavy atom.